The molecule has 7 heteroatoms. The van der Waals surface area contributed by atoms with Gasteiger partial charge in [-0.15, -0.1) is 0 Å². The van der Waals surface area contributed by atoms with Crippen LogP contribution in [-0.2, 0) is 6.54 Å². The summed E-state index contributed by atoms with van der Waals surface area (Å²) in [5.41, 5.74) is 3.48. The molecular weight excluding hydrogens is 311 g/mol. The largest absolute Gasteiger partial charge is 0.496 e. The summed E-state index contributed by atoms with van der Waals surface area (Å²) >= 11 is 12.2. The van der Waals surface area contributed by atoms with Gasteiger partial charge in [0.05, 0.1) is 17.2 Å². The molecule has 2 rings (SSSR count). The van der Waals surface area contributed by atoms with E-state index in [0.717, 1.165) is 11.3 Å². The van der Waals surface area contributed by atoms with Crippen molar-refractivity contribution in [2.75, 3.05) is 24.5 Å². The highest BCUT2D eigenvalue weighted by Crippen LogP contribution is 2.32. The predicted molar refractivity (Wildman–Crippen MR) is 87.2 cm³/mol. The highest BCUT2D eigenvalue weighted by Gasteiger charge is 2.14. The van der Waals surface area contributed by atoms with Gasteiger partial charge in [0.25, 0.3) is 0 Å². The molecule has 0 fully saturated rings. The third-order valence-corrected chi connectivity index (χ3v) is 3.58. The van der Waals surface area contributed by atoms with Gasteiger partial charge in [-0.1, -0.05) is 41.4 Å². The first-order valence-corrected chi connectivity index (χ1v) is 6.98. The fourth-order valence-electron chi connectivity index (χ4n) is 1.99. The van der Waals surface area contributed by atoms with Crippen LogP contribution in [0.5, 0.6) is 5.75 Å². The average molecular weight is 327 g/mol. The van der Waals surface area contributed by atoms with Gasteiger partial charge >= 0.3 is 0 Å². The molecule has 112 valence electrons. The van der Waals surface area contributed by atoms with E-state index in [1.54, 1.807) is 13.2 Å². The third kappa shape index (κ3) is 3.50. The van der Waals surface area contributed by atoms with Crippen molar-refractivity contribution in [3.05, 3.63) is 45.9 Å². The Hall–Kier alpha value is -1.69. The Morgan fingerprint density at radius 1 is 1.29 bits per heavy atom. The van der Waals surface area contributed by atoms with E-state index in [2.05, 4.69) is 10.4 Å². The van der Waals surface area contributed by atoms with Crippen molar-refractivity contribution in [3.63, 3.8) is 0 Å². The molecule has 0 unspecified atom stereocenters. The average Bonchev–Trinajstić information content (AvgIpc) is 2.47. The van der Waals surface area contributed by atoms with Gasteiger partial charge in [0, 0.05) is 19.2 Å². The lowest BCUT2D eigenvalue weighted by molar-refractivity contribution is 0.409. The maximum atomic E-state index is 6.20. The van der Waals surface area contributed by atoms with E-state index in [4.69, 9.17) is 33.8 Å². The van der Waals surface area contributed by atoms with Crippen LogP contribution in [0.3, 0.4) is 0 Å². The first-order valence-electron chi connectivity index (χ1n) is 6.22. The topological polar surface area (TPSA) is 63.4 Å². The van der Waals surface area contributed by atoms with Crippen LogP contribution < -0.4 is 20.9 Å². The van der Waals surface area contributed by atoms with Gasteiger partial charge in [0.1, 0.15) is 11.6 Å². The van der Waals surface area contributed by atoms with Crippen molar-refractivity contribution in [2.45, 2.75) is 6.54 Å². The van der Waals surface area contributed by atoms with Crippen LogP contribution in [0.4, 0.5) is 11.6 Å². The number of benzene rings is 1. The van der Waals surface area contributed by atoms with Crippen LogP contribution in [0.1, 0.15) is 5.56 Å². The van der Waals surface area contributed by atoms with Gasteiger partial charge in [-0.25, -0.2) is 10.8 Å². The number of hydrazine groups is 1. The number of hydrogen-bond acceptors (Lipinski definition) is 5. The number of para-hydroxylation sites is 1. The molecule has 0 aliphatic carbocycles. The summed E-state index contributed by atoms with van der Waals surface area (Å²) < 4.78 is 5.34. The number of anilines is 2. The fourth-order valence-corrected chi connectivity index (χ4v) is 2.55. The van der Waals surface area contributed by atoms with Crippen LogP contribution in [-0.4, -0.2) is 19.1 Å². The Balaban J connectivity index is 2.30. The summed E-state index contributed by atoms with van der Waals surface area (Å²) in [7, 11) is 3.53. The predicted octanol–water partition coefficient (Wildman–Crippen LogP) is 3.32. The quantitative estimate of drug-likeness (QED) is 0.651. The standard InChI is InChI=1S/C14H16Cl2N4O/c1-20(8-9-5-3-4-6-12(9)21-2)14-11(16)7-10(15)13(18-14)19-17/h3-7H,8,17H2,1-2H3,(H,18,19). The molecular formula is C14H16Cl2N4O. The zero-order valence-corrected chi connectivity index (χ0v) is 13.2. The zero-order valence-electron chi connectivity index (χ0n) is 11.7. The number of ether oxygens (including phenoxy) is 1. The highest BCUT2D eigenvalue weighted by molar-refractivity contribution is 6.37. The molecule has 2 aromatic rings. The van der Waals surface area contributed by atoms with Crippen molar-refractivity contribution in [1.29, 1.82) is 0 Å². The first kappa shape index (κ1) is 15.7. The zero-order chi connectivity index (χ0) is 15.4. The minimum Gasteiger partial charge on any atom is -0.496 e. The molecule has 21 heavy (non-hydrogen) atoms. The number of hydrogen-bond donors (Lipinski definition) is 2. The molecule has 0 saturated heterocycles. The lowest BCUT2D eigenvalue weighted by Crippen LogP contribution is -2.20. The molecule has 0 aliphatic rings. The summed E-state index contributed by atoms with van der Waals surface area (Å²) in [6.07, 6.45) is 0. The van der Waals surface area contributed by atoms with Crippen molar-refractivity contribution in [3.8, 4) is 5.75 Å². The van der Waals surface area contributed by atoms with Gasteiger partial charge in [-0.3, -0.25) is 0 Å². The van der Waals surface area contributed by atoms with E-state index < -0.39 is 0 Å². The molecule has 3 N–H and O–H groups in total. The second kappa shape index (κ2) is 6.85. The summed E-state index contributed by atoms with van der Waals surface area (Å²) in [4.78, 5) is 6.23. The monoisotopic (exact) mass is 326 g/mol. The molecule has 0 radical (unpaired) electrons. The number of nitrogens with one attached hydrogen (secondary N) is 1. The van der Waals surface area contributed by atoms with E-state index in [0.29, 0.717) is 28.2 Å². The molecule has 1 aromatic carbocycles. The minimum absolute atomic E-state index is 0.372. The Labute approximate surface area is 133 Å². The highest BCUT2D eigenvalue weighted by atomic mass is 35.5. The summed E-state index contributed by atoms with van der Waals surface area (Å²) in [6.45, 7) is 0.586. The number of nitrogens with zero attached hydrogens (tertiary/aromatic N) is 2. The number of methoxy groups -OCH3 is 1. The molecule has 0 bridgehead atoms. The van der Waals surface area contributed by atoms with Crippen molar-refractivity contribution in [2.24, 2.45) is 5.84 Å². The van der Waals surface area contributed by atoms with Gasteiger partial charge in [0.15, 0.2) is 5.82 Å². The Kier molecular flexibility index (Phi) is 5.12. The Morgan fingerprint density at radius 2 is 2.00 bits per heavy atom. The second-order valence-corrected chi connectivity index (χ2v) is 5.25. The molecule has 0 atom stereocenters. The molecule has 5 nitrogen and oxygen atoms in total. The lowest BCUT2D eigenvalue weighted by atomic mass is 10.2. The van der Waals surface area contributed by atoms with Crippen LogP contribution in [0, 0.1) is 0 Å². The normalized spacial score (nSPS) is 10.3. The van der Waals surface area contributed by atoms with Crippen LogP contribution in [0.15, 0.2) is 30.3 Å². The van der Waals surface area contributed by atoms with E-state index in [1.807, 2.05) is 36.2 Å². The van der Waals surface area contributed by atoms with E-state index in [1.165, 1.54) is 0 Å². The summed E-state index contributed by atoms with van der Waals surface area (Å²) in [5.74, 6) is 7.16. The van der Waals surface area contributed by atoms with Crippen LogP contribution in [0.2, 0.25) is 10.0 Å². The number of nitrogens with two attached hydrogens (primary N) is 1. The lowest BCUT2D eigenvalue weighted by Gasteiger charge is -2.21. The van der Waals surface area contributed by atoms with Crippen LogP contribution >= 0.6 is 23.2 Å². The second-order valence-electron chi connectivity index (χ2n) is 4.44. The van der Waals surface area contributed by atoms with Gasteiger partial charge in [-0.05, 0) is 12.1 Å². The molecule has 0 saturated carbocycles. The smallest absolute Gasteiger partial charge is 0.161 e. The minimum atomic E-state index is 0.372. The number of aromatic nitrogens is 1. The number of pyridine rings is 1. The third-order valence-electron chi connectivity index (χ3n) is 3.01. The summed E-state index contributed by atoms with van der Waals surface area (Å²) in [5, 5.41) is 0.827. The van der Waals surface area contributed by atoms with E-state index >= 15 is 0 Å². The number of nitrogen functional groups attached to an aromatic ring is 1. The van der Waals surface area contributed by atoms with E-state index in [-0.39, 0.29) is 0 Å². The Bertz CT molecular complexity index is 636. The maximum absolute atomic E-state index is 6.20. The Morgan fingerprint density at radius 3 is 2.67 bits per heavy atom. The van der Waals surface area contributed by atoms with Crippen LogP contribution in [0.25, 0.3) is 0 Å². The maximum Gasteiger partial charge on any atom is 0.161 e. The fraction of sp³-hybridized carbons (Fsp3) is 0.214. The van der Waals surface area contributed by atoms with Crippen molar-refractivity contribution >= 4 is 34.8 Å². The molecule has 1 heterocycles. The SMILES string of the molecule is COc1ccccc1CN(C)c1nc(NN)c(Cl)cc1Cl. The number of rotatable bonds is 5. The number of halogens is 2. The first-order chi connectivity index (χ1) is 10.1. The van der Waals surface area contributed by atoms with E-state index in [9.17, 15) is 0 Å². The molecule has 0 spiro atoms. The van der Waals surface area contributed by atoms with Crippen molar-refractivity contribution < 1.29 is 4.74 Å². The van der Waals surface area contributed by atoms with Gasteiger partial charge in [-0.2, -0.15) is 0 Å². The van der Waals surface area contributed by atoms with Gasteiger partial charge in [0.2, 0.25) is 0 Å². The molecule has 1 aromatic heterocycles. The van der Waals surface area contributed by atoms with Crippen molar-refractivity contribution in [1.82, 2.24) is 4.98 Å². The van der Waals surface area contributed by atoms with Gasteiger partial charge < -0.3 is 15.1 Å². The summed E-state index contributed by atoms with van der Waals surface area (Å²) in [6, 6.07) is 9.38. The molecule has 0 amide bonds. The molecule has 0 aliphatic heterocycles.